The highest BCUT2D eigenvalue weighted by molar-refractivity contribution is 7.90. The Kier molecular flexibility index (Phi) is 3.31. The van der Waals surface area contributed by atoms with Crippen molar-refractivity contribution in [2.75, 3.05) is 4.72 Å². The molecule has 3 N–H and O–H groups in total. The van der Waals surface area contributed by atoms with Gasteiger partial charge in [-0.3, -0.25) is 9.71 Å². The first-order chi connectivity index (χ1) is 8.46. The Morgan fingerprint density at radius 1 is 1.17 bits per heavy atom. The van der Waals surface area contributed by atoms with Gasteiger partial charge < -0.3 is 0 Å². The minimum Gasteiger partial charge on any atom is -0.271 e. The quantitative estimate of drug-likeness (QED) is 0.883. The average molecular weight is 263 g/mol. The van der Waals surface area contributed by atoms with Crippen LogP contribution in [0.3, 0.4) is 0 Å². The number of pyridine rings is 1. The zero-order valence-corrected chi connectivity index (χ0v) is 10.6. The predicted octanol–water partition coefficient (Wildman–Crippen LogP) is 1.67. The van der Waals surface area contributed by atoms with E-state index in [9.17, 15) is 8.42 Å². The molecule has 1 aromatic heterocycles. The van der Waals surface area contributed by atoms with E-state index in [0.29, 0.717) is 5.69 Å². The fraction of sp³-hybridized carbons (Fsp3) is 0.0833. The maximum Gasteiger partial charge on any atom is 0.296 e. The first-order valence-corrected chi connectivity index (χ1v) is 6.82. The van der Waals surface area contributed by atoms with Crippen LogP contribution in [0.25, 0.3) is 11.1 Å². The van der Waals surface area contributed by atoms with Gasteiger partial charge in [-0.1, -0.05) is 12.1 Å². The summed E-state index contributed by atoms with van der Waals surface area (Å²) in [5, 5.41) is 4.89. The third-order valence-electron chi connectivity index (χ3n) is 2.50. The lowest BCUT2D eigenvalue weighted by molar-refractivity contribution is 0.603. The van der Waals surface area contributed by atoms with E-state index in [1.807, 2.05) is 25.1 Å². The molecule has 1 heterocycles. The number of rotatable bonds is 3. The summed E-state index contributed by atoms with van der Waals surface area (Å²) in [6.07, 6.45) is 3.51. The molecular weight excluding hydrogens is 250 g/mol. The summed E-state index contributed by atoms with van der Waals surface area (Å²) in [7, 11) is -3.73. The fourth-order valence-electron chi connectivity index (χ4n) is 1.65. The molecule has 0 aliphatic carbocycles. The SMILES string of the molecule is Cc1ccncc1-c1ccc(NS(N)(=O)=O)cc1. The highest BCUT2D eigenvalue weighted by atomic mass is 32.2. The molecule has 6 heteroatoms. The van der Waals surface area contributed by atoms with Crippen LogP contribution in [0.1, 0.15) is 5.56 Å². The van der Waals surface area contributed by atoms with Gasteiger partial charge in [0.2, 0.25) is 0 Å². The van der Waals surface area contributed by atoms with Gasteiger partial charge in [0.1, 0.15) is 0 Å². The van der Waals surface area contributed by atoms with Crippen molar-refractivity contribution in [2.24, 2.45) is 5.14 Å². The first-order valence-electron chi connectivity index (χ1n) is 5.27. The van der Waals surface area contributed by atoms with Crippen LogP contribution in [0, 0.1) is 6.92 Å². The Morgan fingerprint density at radius 3 is 2.39 bits per heavy atom. The number of nitrogens with zero attached hydrogens (tertiary/aromatic N) is 1. The van der Waals surface area contributed by atoms with E-state index in [1.54, 1.807) is 24.5 Å². The van der Waals surface area contributed by atoms with E-state index in [1.165, 1.54) is 0 Å². The van der Waals surface area contributed by atoms with Crippen LogP contribution in [-0.4, -0.2) is 13.4 Å². The van der Waals surface area contributed by atoms with Crippen LogP contribution in [-0.2, 0) is 10.2 Å². The van der Waals surface area contributed by atoms with Crippen LogP contribution in [0.15, 0.2) is 42.7 Å². The zero-order valence-electron chi connectivity index (χ0n) is 9.79. The van der Waals surface area contributed by atoms with Crippen molar-refractivity contribution >= 4 is 15.9 Å². The number of hydrogen-bond donors (Lipinski definition) is 2. The summed E-state index contributed by atoms with van der Waals surface area (Å²) in [5.74, 6) is 0. The van der Waals surface area contributed by atoms with Crippen molar-refractivity contribution in [1.82, 2.24) is 4.98 Å². The highest BCUT2D eigenvalue weighted by Gasteiger charge is 2.04. The van der Waals surface area contributed by atoms with E-state index in [4.69, 9.17) is 5.14 Å². The average Bonchev–Trinajstić information content (AvgIpc) is 2.29. The molecule has 0 aliphatic rings. The Morgan fingerprint density at radius 2 is 1.83 bits per heavy atom. The van der Waals surface area contributed by atoms with Crippen LogP contribution in [0.5, 0.6) is 0 Å². The molecule has 0 fully saturated rings. The molecule has 94 valence electrons. The molecule has 1 aromatic carbocycles. The summed E-state index contributed by atoms with van der Waals surface area (Å²) in [5.41, 5.74) is 3.53. The fourth-order valence-corrected chi connectivity index (χ4v) is 2.11. The third kappa shape index (κ3) is 3.06. The van der Waals surface area contributed by atoms with Crippen LogP contribution in [0.4, 0.5) is 5.69 Å². The molecule has 0 atom stereocenters. The molecule has 0 amide bonds. The van der Waals surface area contributed by atoms with E-state index in [-0.39, 0.29) is 0 Å². The Bertz CT molecular complexity index is 651. The normalized spacial score (nSPS) is 11.2. The van der Waals surface area contributed by atoms with E-state index in [0.717, 1.165) is 16.7 Å². The zero-order chi connectivity index (χ0) is 13.2. The molecule has 0 saturated heterocycles. The lowest BCUT2D eigenvalue weighted by Gasteiger charge is -2.07. The molecule has 0 aliphatic heterocycles. The Hall–Kier alpha value is -1.92. The Balaban J connectivity index is 2.31. The molecule has 0 bridgehead atoms. The van der Waals surface area contributed by atoms with Gasteiger partial charge in [0.05, 0.1) is 0 Å². The number of aryl methyl sites for hydroxylation is 1. The maximum atomic E-state index is 10.9. The molecule has 0 saturated carbocycles. The summed E-state index contributed by atoms with van der Waals surface area (Å²) < 4.78 is 23.9. The maximum absolute atomic E-state index is 10.9. The van der Waals surface area contributed by atoms with Gasteiger partial charge in [-0.25, -0.2) is 5.14 Å². The minimum absolute atomic E-state index is 0.433. The van der Waals surface area contributed by atoms with Gasteiger partial charge in [0, 0.05) is 23.6 Å². The molecule has 18 heavy (non-hydrogen) atoms. The van der Waals surface area contributed by atoms with Crippen LogP contribution >= 0.6 is 0 Å². The van der Waals surface area contributed by atoms with Gasteiger partial charge in [0.25, 0.3) is 10.2 Å². The van der Waals surface area contributed by atoms with Crippen molar-refractivity contribution in [3.8, 4) is 11.1 Å². The van der Waals surface area contributed by atoms with Gasteiger partial charge in [0.15, 0.2) is 0 Å². The van der Waals surface area contributed by atoms with E-state index in [2.05, 4.69) is 9.71 Å². The monoisotopic (exact) mass is 263 g/mol. The smallest absolute Gasteiger partial charge is 0.271 e. The minimum atomic E-state index is -3.73. The summed E-state index contributed by atoms with van der Waals surface area (Å²) in [4.78, 5) is 4.07. The summed E-state index contributed by atoms with van der Waals surface area (Å²) in [6, 6.07) is 8.87. The van der Waals surface area contributed by atoms with E-state index < -0.39 is 10.2 Å². The second-order valence-electron chi connectivity index (χ2n) is 3.92. The topological polar surface area (TPSA) is 85.1 Å². The number of nitrogens with two attached hydrogens (primary N) is 1. The molecule has 2 aromatic rings. The molecule has 0 radical (unpaired) electrons. The van der Waals surface area contributed by atoms with E-state index >= 15 is 0 Å². The molecule has 0 unspecified atom stereocenters. The molecule has 0 spiro atoms. The number of aromatic nitrogens is 1. The van der Waals surface area contributed by atoms with Gasteiger partial charge in [-0.2, -0.15) is 8.42 Å². The van der Waals surface area contributed by atoms with Crippen molar-refractivity contribution in [3.05, 3.63) is 48.3 Å². The summed E-state index contributed by atoms with van der Waals surface area (Å²) >= 11 is 0. The van der Waals surface area contributed by atoms with Gasteiger partial charge >= 0.3 is 0 Å². The third-order valence-corrected chi connectivity index (χ3v) is 3.02. The number of anilines is 1. The summed E-state index contributed by atoms with van der Waals surface area (Å²) in [6.45, 7) is 1.99. The van der Waals surface area contributed by atoms with Crippen LogP contribution < -0.4 is 9.86 Å². The predicted molar refractivity (Wildman–Crippen MR) is 71.1 cm³/mol. The largest absolute Gasteiger partial charge is 0.296 e. The first kappa shape index (κ1) is 12.5. The lowest BCUT2D eigenvalue weighted by atomic mass is 10.0. The molecule has 5 nitrogen and oxygen atoms in total. The second kappa shape index (κ2) is 4.75. The standard InChI is InChI=1S/C12H13N3O2S/c1-9-6-7-14-8-12(9)10-2-4-11(5-3-10)15-18(13,16)17/h2-8,15H,1H3,(H2,13,16,17). The Labute approximate surface area is 106 Å². The van der Waals surface area contributed by atoms with Gasteiger partial charge in [-0.05, 0) is 36.2 Å². The lowest BCUT2D eigenvalue weighted by Crippen LogP contribution is -2.21. The van der Waals surface area contributed by atoms with Crippen LogP contribution in [0.2, 0.25) is 0 Å². The van der Waals surface area contributed by atoms with Gasteiger partial charge in [-0.15, -0.1) is 0 Å². The highest BCUT2D eigenvalue weighted by Crippen LogP contribution is 2.23. The molecule has 2 rings (SSSR count). The van der Waals surface area contributed by atoms with Crippen molar-refractivity contribution in [3.63, 3.8) is 0 Å². The number of nitrogens with one attached hydrogen (secondary N) is 1. The number of hydrogen-bond acceptors (Lipinski definition) is 3. The van der Waals surface area contributed by atoms with Crippen molar-refractivity contribution < 1.29 is 8.42 Å². The second-order valence-corrected chi connectivity index (χ2v) is 5.21. The van der Waals surface area contributed by atoms with Crippen molar-refractivity contribution in [2.45, 2.75) is 6.92 Å². The number of benzene rings is 1. The van der Waals surface area contributed by atoms with Crippen molar-refractivity contribution in [1.29, 1.82) is 0 Å². The molecular formula is C12H13N3O2S.